The van der Waals surface area contributed by atoms with Gasteiger partial charge in [0.2, 0.25) is 0 Å². The molecule has 2 aliphatic rings. The molecule has 5 nitrogen and oxygen atoms in total. The summed E-state index contributed by atoms with van der Waals surface area (Å²) < 4.78 is 40.5. The Morgan fingerprint density at radius 2 is 1.96 bits per heavy atom. The number of aryl methyl sites for hydroxylation is 1. The highest BCUT2D eigenvalue weighted by Crippen LogP contribution is 2.36. The minimum Gasteiger partial charge on any atom is -0.338 e. The van der Waals surface area contributed by atoms with Gasteiger partial charge in [0.25, 0.3) is 5.91 Å². The summed E-state index contributed by atoms with van der Waals surface area (Å²) in [6, 6.07) is 0.938. The molecule has 2 unspecified atom stereocenters. The van der Waals surface area contributed by atoms with E-state index in [1.54, 1.807) is 4.90 Å². The van der Waals surface area contributed by atoms with Crippen LogP contribution in [0.25, 0.3) is 5.65 Å². The van der Waals surface area contributed by atoms with E-state index in [1.165, 1.54) is 18.7 Å². The molecule has 1 saturated heterocycles. The number of allylic oxidation sites excluding steroid dienone is 2. The van der Waals surface area contributed by atoms with Gasteiger partial charge in [0.1, 0.15) is 11.3 Å². The van der Waals surface area contributed by atoms with Crippen LogP contribution in [0, 0.1) is 18.8 Å². The number of rotatable bonds is 1. The number of likely N-dealkylation sites (tertiary alicyclic amines) is 1. The van der Waals surface area contributed by atoms with Crippen molar-refractivity contribution >= 4 is 11.6 Å². The van der Waals surface area contributed by atoms with E-state index in [0.717, 1.165) is 23.4 Å². The lowest BCUT2D eigenvalue weighted by Gasteiger charge is -2.21. The lowest BCUT2D eigenvalue weighted by atomic mass is 9.83. The van der Waals surface area contributed by atoms with Gasteiger partial charge >= 0.3 is 6.18 Å². The predicted octanol–water partition coefficient (Wildman–Crippen LogP) is 3.48. The maximum atomic E-state index is 13.3. The van der Waals surface area contributed by atoms with Crippen LogP contribution in [0.3, 0.4) is 0 Å². The molecular weight excluding hydrogens is 345 g/mol. The maximum Gasteiger partial charge on any atom is 0.433 e. The molecule has 0 N–H and O–H groups in total. The summed E-state index contributed by atoms with van der Waals surface area (Å²) in [5.74, 6) is 0.550. The first-order valence-corrected chi connectivity index (χ1v) is 8.61. The number of hydrogen-bond donors (Lipinski definition) is 0. The van der Waals surface area contributed by atoms with Crippen molar-refractivity contribution in [1.82, 2.24) is 19.5 Å². The highest BCUT2D eigenvalue weighted by molar-refractivity contribution is 5.99. The molecule has 2 aromatic heterocycles. The first-order valence-electron chi connectivity index (χ1n) is 8.61. The number of halogens is 3. The molecule has 0 spiro atoms. The van der Waals surface area contributed by atoms with Crippen LogP contribution < -0.4 is 0 Å². The molecule has 2 atom stereocenters. The van der Waals surface area contributed by atoms with Crippen molar-refractivity contribution in [1.29, 1.82) is 0 Å². The molecule has 4 rings (SSSR count). The third-order valence-electron chi connectivity index (χ3n) is 5.34. The number of alkyl halides is 3. The molecule has 0 aromatic carbocycles. The van der Waals surface area contributed by atoms with Gasteiger partial charge in [-0.25, -0.2) is 9.50 Å². The second-order valence-corrected chi connectivity index (χ2v) is 7.29. The van der Waals surface area contributed by atoms with E-state index in [9.17, 15) is 18.0 Å². The van der Waals surface area contributed by atoms with Gasteiger partial charge in [0, 0.05) is 18.8 Å². The summed E-state index contributed by atoms with van der Waals surface area (Å²) in [6.07, 6.45) is 0.767. The third-order valence-corrected chi connectivity index (χ3v) is 5.34. The fourth-order valence-electron chi connectivity index (χ4n) is 4.06. The van der Waals surface area contributed by atoms with E-state index in [-0.39, 0.29) is 22.8 Å². The van der Waals surface area contributed by atoms with Crippen LogP contribution in [0.1, 0.15) is 41.5 Å². The van der Waals surface area contributed by atoms with Crippen molar-refractivity contribution in [2.75, 3.05) is 13.1 Å². The van der Waals surface area contributed by atoms with E-state index >= 15 is 0 Å². The second kappa shape index (κ2) is 5.82. The van der Waals surface area contributed by atoms with E-state index in [1.807, 2.05) is 0 Å². The van der Waals surface area contributed by atoms with Crippen LogP contribution in [-0.4, -0.2) is 38.5 Å². The Hall–Kier alpha value is -2.38. The SMILES string of the molecule is CC1=CCC2CN(C(=O)c3cnn4c(C(F)(F)F)cc(C)nc34)CC2C1. The van der Waals surface area contributed by atoms with Gasteiger partial charge in [-0.2, -0.15) is 18.3 Å². The average molecular weight is 364 g/mol. The van der Waals surface area contributed by atoms with Crippen LogP contribution in [0.5, 0.6) is 0 Å². The number of hydrogen-bond acceptors (Lipinski definition) is 3. The van der Waals surface area contributed by atoms with Crippen LogP contribution >= 0.6 is 0 Å². The number of fused-ring (bicyclic) bond motifs is 2. The van der Waals surface area contributed by atoms with Crippen molar-refractivity contribution in [3.05, 3.63) is 40.9 Å². The summed E-state index contributed by atoms with van der Waals surface area (Å²) in [5, 5.41) is 3.80. The lowest BCUT2D eigenvalue weighted by molar-refractivity contribution is -0.142. The zero-order valence-electron chi connectivity index (χ0n) is 14.5. The van der Waals surface area contributed by atoms with E-state index in [4.69, 9.17) is 0 Å². The van der Waals surface area contributed by atoms with E-state index in [0.29, 0.717) is 24.9 Å². The summed E-state index contributed by atoms with van der Waals surface area (Å²) in [5.41, 5.74) is 0.709. The predicted molar refractivity (Wildman–Crippen MR) is 88.6 cm³/mol. The van der Waals surface area contributed by atoms with Gasteiger partial charge in [-0.15, -0.1) is 0 Å². The minimum absolute atomic E-state index is 0.0356. The molecule has 3 heterocycles. The smallest absolute Gasteiger partial charge is 0.338 e. The fourth-order valence-corrected chi connectivity index (χ4v) is 4.06. The molecule has 8 heteroatoms. The summed E-state index contributed by atoms with van der Waals surface area (Å²) in [6.45, 7) is 4.83. The zero-order valence-corrected chi connectivity index (χ0v) is 14.5. The van der Waals surface area contributed by atoms with Gasteiger partial charge < -0.3 is 4.90 Å². The molecule has 1 amide bonds. The minimum atomic E-state index is -4.57. The van der Waals surface area contributed by atoms with Crippen molar-refractivity contribution in [3.63, 3.8) is 0 Å². The van der Waals surface area contributed by atoms with E-state index < -0.39 is 11.9 Å². The van der Waals surface area contributed by atoms with Crippen LogP contribution in [0.4, 0.5) is 13.2 Å². The molecule has 0 bridgehead atoms. The topological polar surface area (TPSA) is 50.5 Å². The van der Waals surface area contributed by atoms with Gasteiger partial charge in [-0.05, 0) is 44.6 Å². The molecule has 138 valence electrons. The number of carbonyl (C=O) groups excluding carboxylic acids is 1. The number of aromatic nitrogens is 3. The highest BCUT2D eigenvalue weighted by Gasteiger charge is 2.39. The van der Waals surface area contributed by atoms with Gasteiger partial charge in [0.05, 0.1) is 6.20 Å². The molecule has 0 saturated carbocycles. The molecule has 1 aliphatic heterocycles. The quantitative estimate of drug-likeness (QED) is 0.728. The van der Waals surface area contributed by atoms with E-state index in [2.05, 4.69) is 23.1 Å². The number of carbonyl (C=O) groups is 1. The van der Waals surface area contributed by atoms with Gasteiger partial charge in [-0.3, -0.25) is 4.79 Å². The molecule has 0 radical (unpaired) electrons. The summed E-state index contributed by atoms with van der Waals surface area (Å²) in [4.78, 5) is 18.8. The largest absolute Gasteiger partial charge is 0.433 e. The monoisotopic (exact) mass is 364 g/mol. The van der Waals surface area contributed by atoms with Gasteiger partial charge in [0.15, 0.2) is 5.65 Å². The Kier molecular flexibility index (Phi) is 3.82. The van der Waals surface area contributed by atoms with Crippen molar-refractivity contribution in [2.24, 2.45) is 11.8 Å². The molecular formula is C18H19F3N4O. The summed E-state index contributed by atoms with van der Waals surface area (Å²) in [7, 11) is 0. The zero-order chi connectivity index (χ0) is 18.6. The normalized spacial score (nSPS) is 23.3. The number of amides is 1. The van der Waals surface area contributed by atoms with Crippen LogP contribution in [0.15, 0.2) is 23.9 Å². The average Bonchev–Trinajstić information content (AvgIpc) is 3.15. The standard InChI is InChI=1S/C18H19F3N4O/c1-10-3-4-12-8-24(9-13(12)5-10)17(26)14-7-22-25-15(18(19,20)21)6-11(2)23-16(14)25/h3,6-7,12-13H,4-5,8-9H2,1-2H3. The Morgan fingerprint density at radius 1 is 1.23 bits per heavy atom. The van der Waals surface area contributed by atoms with Gasteiger partial charge in [-0.1, -0.05) is 11.6 Å². The first kappa shape index (κ1) is 17.1. The van der Waals surface area contributed by atoms with Crippen LogP contribution in [0.2, 0.25) is 0 Å². The Balaban J connectivity index is 1.68. The lowest BCUT2D eigenvalue weighted by Crippen LogP contribution is -2.29. The Labute approximate surface area is 148 Å². The molecule has 1 aliphatic carbocycles. The highest BCUT2D eigenvalue weighted by atomic mass is 19.4. The second-order valence-electron chi connectivity index (χ2n) is 7.29. The fraction of sp³-hybridized carbons (Fsp3) is 0.500. The third kappa shape index (κ3) is 2.77. The van der Waals surface area contributed by atoms with Crippen LogP contribution in [-0.2, 0) is 6.18 Å². The first-order chi connectivity index (χ1) is 12.2. The van der Waals surface area contributed by atoms with Crippen molar-refractivity contribution in [2.45, 2.75) is 32.9 Å². The molecule has 26 heavy (non-hydrogen) atoms. The molecule has 1 fully saturated rings. The van der Waals surface area contributed by atoms with Crippen molar-refractivity contribution < 1.29 is 18.0 Å². The molecule has 2 aromatic rings. The summed E-state index contributed by atoms with van der Waals surface area (Å²) >= 11 is 0. The number of nitrogens with zero attached hydrogens (tertiary/aromatic N) is 4. The maximum absolute atomic E-state index is 13.3. The van der Waals surface area contributed by atoms with Crippen molar-refractivity contribution in [3.8, 4) is 0 Å². The Morgan fingerprint density at radius 3 is 2.69 bits per heavy atom. The Bertz CT molecular complexity index is 915.